The Morgan fingerprint density at radius 2 is 2.00 bits per heavy atom. The standard InChI is InChI=1S/C20H25N5O3/c1-13-3-5-16(6-4-13)25-11-15(9-21-25)10-23-7-8-24-17(12-23)19(27)22-18(14(2)26)20(24)28/h3-6,9,11,14,17-18,26H,7-8,10,12H2,1-2H3,(H,22,27)/t14-,17+,18+/m0/s1. The van der Waals surface area contributed by atoms with Crippen LogP contribution in [0.1, 0.15) is 18.1 Å². The van der Waals surface area contributed by atoms with Crippen LogP contribution in [-0.4, -0.2) is 74.3 Å². The number of hydrogen-bond donors (Lipinski definition) is 2. The zero-order valence-electron chi connectivity index (χ0n) is 16.1. The molecule has 8 heteroatoms. The Hall–Kier alpha value is -2.71. The van der Waals surface area contributed by atoms with Gasteiger partial charge in [0.15, 0.2) is 0 Å². The van der Waals surface area contributed by atoms with Crippen molar-refractivity contribution in [2.45, 2.75) is 38.6 Å². The minimum atomic E-state index is -0.900. The number of carbonyl (C=O) groups is 2. The van der Waals surface area contributed by atoms with Gasteiger partial charge in [0.05, 0.1) is 18.0 Å². The third-order valence-corrected chi connectivity index (χ3v) is 5.44. The Kier molecular flexibility index (Phi) is 4.91. The first kappa shape index (κ1) is 18.6. The van der Waals surface area contributed by atoms with Crippen LogP contribution in [0.25, 0.3) is 5.69 Å². The van der Waals surface area contributed by atoms with Gasteiger partial charge in [0.1, 0.15) is 12.1 Å². The van der Waals surface area contributed by atoms with Crippen molar-refractivity contribution < 1.29 is 14.7 Å². The highest BCUT2D eigenvalue weighted by molar-refractivity contribution is 5.97. The molecule has 2 saturated heterocycles. The summed E-state index contributed by atoms with van der Waals surface area (Å²) in [5.41, 5.74) is 3.26. The van der Waals surface area contributed by atoms with Crippen LogP contribution in [0.3, 0.4) is 0 Å². The highest BCUT2D eigenvalue weighted by Gasteiger charge is 2.44. The van der Waals surface area contributed by atoms with E-state index in [-0.39, 0.29) is 11.8 Å². The fraction of sp³-hybridized carbons (Fsp3) is 0.450. The molecular formula is C20H25N5O3. The maximum atomic E-state index is 12.5. The van der Waals surface area contributed by atoms with Crippen LogP contribution in [0.4, 0.5) is 0 Å². The van der Waals surface area contributed by atoms with Gasteiger partial charge >= 0.3 is 0 Å². The summed E-state index contributed by atoms with van der Waals surface area (Å²) in [6, 6.07) is 6.80. The summed E-state index contributed by atoms with van der Waals surface area (Å²) < 4.78 is 1.84. The van der Waals surface area contributed by atoms with Gasteiger partial charge in [-0.15, -0.1) is 0 Å². The van der Waals surface area contributed by atoms with Gasteiger partial charge < -0.3 is 15.3 Å². The quantitative estimate of drug-likeness (QED) is 0.780. The zero-order chi connectivity index (χ0) is 19.8. The number of hydrogen-bond acceptors (Lipinski definition) is 5. The van der Waals surface area contributed by atoms with E-state index in [1.54, 1.807) is 4.90 Å². The predicted octanol–water partition coefficient (Wildman–Crippen LogP) is 0.0727. The molecule has 0 aliphatic carbocycles. The molecule has 2 fully saturated rings. The number of aromatic nitrogens is 2. The molecule has 3 heterocycles. The monoisotopic (exact) mass is 383 g/mol. The molecule has 1 aromatic heterocycles. The molecule has 0 spiro atoms. The summed E-state index contributed by atoms with van der Waals surface area (Å²) in [6.07, 6.45) is 2.93. The Bertz CT molecular complexity index is 876. The van der Waals surface area contributed by atoms with Crippen molar-refractivity contribution in [3.63, 3.8) is 0 Å². The molecule has 3 atom stereocenters. The van der Waals surface area contributed by atoms with E-state index in [1.165, 1.54) is 12.5 Å². The number of amides is 2. The molecule has 2 N–H and O–H groups in total. The lowest BCUT2D eigenvalue weighted by Crippen LogP contribution is -2.70. The SMILES string of the molecule is Cc1ccc(-n2cc(CN3CCN4C(=O)[C@@H]([C@H](C)O)NC(=O)[C@H]4C3)cn2)cc1. The first-order valence-electron chi connectivity index (χ1n) is 9.54. The average Bonchev–Trinajstić information content (AvgIpc) is 3.13. The van der Waals surface area contributed by atoms with Gasteiger partial charge in [0.2, 0.25) is 11.8 Å². The third-order valence-electron chi connectivity index (χ3n) is 5.44. The van der Waals surface area contributed by atoms with Crippen LogP contribution in [0.15, 0.2) is 36.7 Å². The molecule has 0 unspecified atom stereocenters. The number of fused-ring (bicyclic) bond motifs is 1. The summed E-state index contributed by atoms with van der Waals surface area (Å²) in [7, 11) is 0. The first-order valence-corrected chi connectivity index (χ1v) is 9.54. The van der Waals surface area contributed by atoms with Crippen LogP contribution < -0.4 is 5.32 Å². The normalized spacial score (nSPS) is 24.0. The molecule has 2 aliphatic heterocycles. The maximum absolute atomic E-state index is 12.5. The second kappa shape index (κ2) is 7.37. The van der Waals surface area contributed by atoms with Crippen molar-refractivity contribution in [2.24, 2.45) is 0 Å². The molecule has 1 aromatic carbocycles. The summed E-state index contributed by atoms with van der Waals surface area (Å²) in [5.74, 6) is -0.406. The molecule has 28 heavy (non-hydrogen) atoms. The topological polar surface area (TPSA) is 90.7 Å². The van der Waals surface area contributed by atoms with E-state index in [4.69, 9.17) is 0 Å². The second-order valence-corrected chi connectivity index (χ2v) is 7.64. The zero-order valence-corrected chi connectivity index (χ0v) is 16.1. The molecule has 2 aromatic rings. The average molecular weight is 383 g/mol. The van der Waals surface area contributed by atoms with Crippen LogP contribution in [-0.2, 0) is 16.1 Å². The van der Waals surface area contributed by atoms with E-state index in [1.807, 2.05) is 36.1 Å². The number of nitrogens with zero attached hydrogens (tertiary/aromatic N) is 4. The Balaban J connectivity index is 1.42. The Labute approximate surface area is 163 Å². The molecule has 0 radical (unpaired) electrons. The van der Waals surface area contributed by atoms with Crippen LogP contribution in [0, 0.1) is 6.92 Å². The van der Waals surface area contributed by atoms with Crippen LogP contribution in [0.2, 0.25) is 0 Å². The van der Waals surface area contributed by atoms with E-state index in [2.05, 4.69) is 27.4 Å². The van der Waals surface area contributed by atoms with E-state index in [0.717, 1.165) is 11.3 Å². The molecule has 4 rings (SSSR count). The van der Waals surface area contributed by atoms with Gasteiger partial charge in [-0.25, -0.2) is 4.68 Å². The number of aryl methyl sites for hydroxylation is 1. The van der Waals surface area contributed by atoms with Crippen molar-refractivity contribution in [3.8, 4) is 5.69 Å². The number of aliphatic hydroxyl groups excluding tert-OH is 1. The number of piperazine rings is 2. The van der Waals surface area contributed by atoms with E-state index < -0.39 is 18.2 Å². The smallest absolute Gasteiger partial charge is 0.248 e. The molecule has 0 bridgehead atoms. The number of rotatable bonds is 4. The maximum Gasteiger partial charge on any atom is 0.248 e. The lowest BCUT2D eigenvalue weighted by atomic mass is 10.0. The number of carbonyl (C=O) groups excluding carboxylic acids is 2. The fourth-order valence-corrected chi connectivity index (χ4v) is 3.83. The van der Waals surface area contributed by atoms with Crippen molar-refractivity contribution in [1.29, 1.82) is 0 Å². The van der Waals surface area contributed by atoms with Crippen molar-refractivity contribution in [3.05, 3.63) is 47.8 Å². The molecule has 2 aliphatic rings. The summed E-state index contributed by atoms with van der Waals surface area (Å²) in [6.45, 7) is 5.86. The summed E-state index contributed by atoms with van der Waals surface area (Å²) in [5, 5.41) is 16.8. The summed E-state index contributed by atoms with van der Waals surface area (Å²) >= 11 is 0. The summed E-state index contributed by atoms with van der Waals surface area (Å²) in [4.78, 5) is 28.7. The molecule has 148 valence electrons. The van der Waals surface area contributed by atoms with E-state index >= 15 is 0 Å². The van der Waals surface area contributed by atoms with Crippen LogP contribution >= 0.6 is 0 Å². The van der Waals surface area contributed by atoms with Crippen molar-refractivity contribution in [2.75, 3.05) is 19.6 Å². The lowest BCUT2D eigenvalue weighted by molar-refractivity contribution is -0.156. The minimum Gasteiger partial charge on any atom is -0.391 e. The lowest BCUT2D eigenvalue weighted by Gasteiger charge is -2.45. The molecule has 8 nitrogen and oxygen atoms in total. The van der Waals surface area contributed by atoms with Gasteiger partial charge in [-0.05, 0) is 26.0 Å². The molecular weight excluding hydrogens is 358 g/mol. The van der Waals surface area contributed by atoms with Crippen molar-refractivity contribution in [1.82, 2.24) is 24.9 Å². The van der Waals surface area contributed by atoms with Crippen LogP contribution in [0.5, 0.6) is 0 Å². The van der Waals surface area contributed by atoms with Gasteiger partial charge in [0, 0.05) is 37.9 Å². The molecule has 0 saturated carbocycles. The van der Waals surface area contributed by atoms with E-state index in [0.29, 0.717) is 26.2 Å². The van der Waals surface area contributed by atoms with Gasteiger partial charge in [-0.3, -0.25) is 14.5 Å². The highest BCUT2D eigenvalue weighted by Crippen LogP contribution is 2.19. The Morgan fingerprint density at radius 1 is 1.25 bits per heavy atom. The highest BCUT2D eigenvalue weighted by atomic mass is 16.3. The third kappa shape index (κ3) is 3.53. The Morgan fingerprint density at radius 3 is 2.71 bits per heavy atom. The van der Waals surface area contributed by atoms with Gasteiger partial charge in [-0.1, -0.05) is 17.7 Å². The number of nitrogens with one attached hydrogen (secondary N) is 1. The number of aliphatic hydroxyl groups is 1. The predicted molar refractivity (Wildman–Crippen MR) is 103 cm³/mol. The first-order chi connectivity index (χ1) is 13.4. The molecule has 2 amide bonds. The second-order valence-electron chi connectivity index (χ2n) is 7.64. The minimum absolute atomic E-state index is 0.202. The van der Waals surface area contributed by atoms with Gasteiger partial charge in [-0.2, -0.15) is 5.10 Å². The fourth-order valence-electron chi connectivity index (χ4n) is 3.83. The van der Waals surface area contributed by atoms with E-state index in [9.17, 15) is 14.7 Å². The van der Waals surface area contributed by atoms with Gasteiger partial charge in [0.25, 0.3) is 0 Å². The number of benzene rings is 1. The largest absolute Gasteiger partial charge is 0.391 e. The van der Waals surface area contributed by atoms with Crippen molar-refractivity contribution >= 4 is 11.8 Å².